The van der Waals surface area contributed by atoms with Gasteiger partial charge in [-0.25, -0.2) is 0 Å². The number of aromatic nitrogens is 2. The Morgan fingerprint density at radius 1 is 1.56 bits per heavy atom. The van der Waals surface area contributed by atoms with Crippen molar-refractivity contribution < 1.29 is 9.59 Å². The van der Waals surface area contributed by atoms with Gasteiger partial charge in [-0.3, -0.25) is 19.6 Å². The summed E-state index contributed by atoms with van der Waals surface area (Å²) in [6.07, 6.45) is 4.72. The number of carbonyl (C=O) groups excluding carboxylic acids is 2. The summed E-state index contributed by atoms with van der Waals surface area (Å²) in [6.45, 7) is 1.96. The van der Waals surface area contributed by atoms with Crippen LogP contribution in [0.5, 0.6) is 0 Å². The van der Waals surface area contributed by atoms with Crippen LogP contribution < -0.4 is 5.32 Å². The van der Waals surface area contributed by atoms with Gasteiger partial charge in [-0.2, -0.15) is 5.10 Å². The Kier molecular flexibility index (Phi) is 2.77. The van der Waals surface area contributed by atoms with E-state index in [-0.39, 0.29) is 23.7 Å². The summed E-state index contributed by atoms with van der Waals surface area (Å²) in [6, 6.07) is 0. The molecule has 1 aliphatic heterocycles. The van der Waals surface area contributed by atoms with Crippen molar-refractivity contribution >= 4 is 11.8 Å². The molecule has 2 unspecified atom stereocenters. The van der Waals surface area contributed by atoms with Crippen LogP contribution in [0, 0.1) is 5.92 Å². The predicted molar refractivity (Wildman–Crippen MR) is 57.5 cm³/mol. The fraction of sp³-hybridized carbons (Fsp3) is 0.545. The van der Waals surface area contributed by atoms with Crippen LogP contribution in [0.4, 0.5) is 0 Å². The molecule has 1 fully saturated rings. The van der Waals surface area contributed by atoms with Gasteiger partial charge >= 0.3 is 0 Å². The molecule has 86 valence electrons. The van der Waals surface area contributed by atoms with E-state index in [1.165, 1.54) is 0 Å². The summed E-state index contributed by atoms with van der Waals surface area (Å²) >= 11 is 0. The molecule has 16 heavy (non-hydrogen) atoms. The molecular formula is C11H15N3O2. The van der Waals surface area contributed by atoms with Crippen LogP contribution in [-0.2, 0) is 16.6 Å². The number of nitrogens with one attached hydrogen (secondary N) is 1. The second-order valence-electron chi connectivity index (χ2n) is 4.19. The fourth-order valence-corrected chi connectivity index (χ4v) is 2.26. The Bertz CT molecular complexity index is 425. The summed E-state index contributed by atoms with van der Waals surface area (Å²) in [5.74, 6) is -0.502. The van der Waals surface area contributed by atoms with Crippen molar-refractivity contribution in [1.29, 1.82) is 0 Å². The zero-order valence-corrected chi connectivity index (χ0v) is 9.43. The van der Waals surface area contributed by atoms with E-state index in [1.54, 1.807) is 10.9 Å². The molecule has 0 spiro atoms. The highest BCUT2D eigenvalue weighted by molar-refractivity contribution is 5.99. The Morgan fingerprint density at radius 2 is 2.31 bits per heavy atom. The van der Waals surface area contributed by atoms with Crippen molar-refractivity contribution in [3.63, 3.8) is 0 Å². The molecule has 5 heteroatoms. The van der Waals surface area contributed by atoms with E-state index >= 15 is 0 Å². The first-order valence-electron chi connectivity index (χ1n) is 5.44. The van der Waals surface area contributed by atoms with Crippen molar-refractivity contribution in [2.24, 2.45) is 13.0 Å². The van der Waals surface area contributed by atoms with Gasteiger partial charge in [-0.15, -0.1) is 0 Å². The Morgan fingerprint density at radius 3 is 2.88 bits per heavy atom. The number of rotatable bonds is 2. The third-order valence-electron chi connectivity index (χ3n) is 3.08. The molecule has 0 bridgehead atoms. The van der Waals surface area contributed by atoms with E-state index in [0.29, 0.717) is 6.42 Å². The van der Waals surface area contributed by atoms with Gasteiger partial charge in [0.05, 0.1) is 6.20 Å². The zero-order chi connectivity index (χ0) is 11.7. The SMILES string of the molecule is CCC1C(=O)NC(=O)CC1c1cnn(C)c1. The number of piperidine rings is 1. The molecule has 0 saturated carbocycles. The van der Waals surface area contributed by atoms with Crippen molar-refractivity contribution in [2.75, 3.05) is 0 Å². The van der Waals surface area contributed by atoms with Crippen LogP contribution in [0.2, 0.25) is 0 Å². The molecule has 1 aromatic rings. The van der Waals surface area contributed by atoms with Gasteiger partial charge in [-0.1, -0.05) is 6.92 Å². The Balaban J connectivity index is 2.29. The lowest BCUT2D eigenvalue weighted by atomic mass is 9.80. The van der Waals surface area contributed by atoms with Crippen LogP contribution in [0.25, 0.3) is 0 Å². The highest BCUT2D eigenvalue weighted by Crippen LogP contribution is 2.32. The van der Waals surface area contributed by atoms with Crippen LogP contribution >= 0.6 is 0 Å². The third kappa shape index (κ3) is 1.85. The molecule has 0 aliphatic carbocycles. The molecule has 0 aromatic carbocycles. The first kappa shape index (κ1) is 10.9. The fourth-order valence-electron chi connectivity index (χ4n) is 2.26. The topological polar surface area (TPSA) is 64.0 Å². The van der Waals surface area contributed by atoms with Gasteiger partial charge in [0, 0.05) is 31.5 Å². The maximum absolute atomic E-state index is 11.7. The normalized spacial score (nSPS) is 25.6. The largest absolute Gasteiger partial charge is 0.296 e. The summed E-state index contributed by atoms with van der Waals surface area (Å²) < 4.78 is 1.69. The van der Waals surface area contributed by atoms with E-state index in [4.69, 9.17) is 0 Å². The molecule has 1 aliphatic rings. The zero-order valence-electron chi connectivity index (χ0n) is 9.43. The van der Waals surface area contributed by atoms with Gasteiger partial charge in [0.1, 0.15) is 0 Å². The molecule has 2 atom stereocenters. The molecule has 1 saturated heterocycles. The quantitative estimate of drug-likeness (QED) is 0.743. The summed E-state index contributed by atoms with van der Waals surface area (Å²) in [7, 11) is 1.83. The number of amides is 2. The monoisotopic (exact) mass is 221 g/mol. The Labute approximate surface area is 93.8 Å². The van der Waals surface area contributed by atoms with E-state index in [2.05, 4.69) is 10.4 Å². The molecule has 5 nitrogen and oxygen atoms in total. The average molecular weight is 221 g/mol. The highest BCUT2D eigenvalue weighted by atomic mass is 16.2. The number of imide groups is 1. The first-order valence-corrected chi connectivity index (χ1v) is 5.44. The predicted octanol–water partition coefficient (Wildman–Crippen LogP) is 0.576. The molecule has 1 aromatic heterocycles. The minimum Gasteiger partial charge on any atom is -0.296 e. The smallest absolute Gasteiger partial charge is 0.230 e. The average Bonchev–Trinajstić information content (AvgIpc) is 2.63. The van der Waals surface area contributed by atoms with Gasteiger partial charge in [0.2, 0.25) is 11.8 Å². The summed E-state index contributed by atoms with van der Waals surface area (Å²) in [5, 5.41) is 6.47. The van der Waals surface area contributed by atoms with Gasteiger partial charge < -0.3 is 0 Å². The maximum atomic E-state index is 11.7. The van der Waals surface area contributed by atoms with E-state index in [0.717, 1.165) is 12.0 Å². The lowest BCUT2D eigenvalue weighted by molar-refractivity contribution is -0.137. The molecule has 2 rings (SSSR count). The molecule has 1 N–H and O–H groups in total. The van der Waals surface area contributed by atoms with Gasteiger partial charge in [0.25, 0.3) is 0 Å². The van der Waals surface area contributed by atoms with Crippen LogP contribution in [0.15, 0.2) is 12.4 Å². The minimum absolute atomic E-state index is 0.0278. The summed E-state index contributed by atoms with van der Waals surface area (Å²) in [5.41, 5.74) is 0.970. The second-order valence-corrected chi connectivity index (χ2v) is 4.19. The number of aryl methyl sites for hydroxylation is 1. The molecule has 2 amide bonds. The van der Waals surface area contributed by atoms with Gasteiger partial charge in [0.15, 0.2) is 0 Å². The van der Waals surface area contributed by atoms with E-state index < -0.39 is 0 Å². The standard InChI is InChI=1S/C11H15N3O2/c1-3-8-9(4-10(15)13-11(8)16)7-5-12-14(2)6-7/h5-6,8-9H,3-4H2,1-2H3,(H,13,15,16). The lowest BCUT2D eigenvalue weighted by Crippen LogP contribution is -2.44. The number of nitrogens with zero attached hydrogens (tertiary/aromatic N) is 2. The van der Waals surface area contributed by atoms with Crippen molar-refractivity contribution in [3.05, 3.63) is 18.0 Å². The van der Waals surface area contributed by atoms with Crippen molar-refractivity contribution in [2.45, 2.75) is 25.7 Å². The third-order valence-corrected chi connectivity index (χ3v) is 3.08. The molecule has 0 radical (unpaired) electrons. The number of hydrogen-bond donors (Lipinski definition) is 1. The van der Waals surface area contributed by atoms with Crippen molar-refractivity contribution in [3.8, 4) is 0 Å². The van der Waals surface area contributed by atoms with E-state index in [9.17, 15) is 9.59 Å². The lowest BCUT2D eigenvalue weighted by Gasteiger charge is -2.28. The maximum Gasteiger partial charge on any atom is 0.230 e. The highest BCUT2D eigenvalue weighted by Gasteiger charge is 2.35. The Hall–Kier alpha value is -1.65. The van der Waals surface area contributed by atoms with Crippen LogP contribution in [0.3, 0.4) is 0 Å². The molecule has 2 heterocycles. The summed E-state index contributed by atoms with van der Waals surface area (Å²) in [4.78, 5) is 23.0. The van der Waals surface area contributed by atoms with Crippen LogP contribution in [0.1, 0.15) is 31.2 Å². The second kappa shape index (κ2) is 4.08. The van der Waals surface area contributed by atoms with E-state index in [1.807, 2.05) is 20.2 Å². The van der Waals surface area contributed by atoms with Gasteiger partial charge in [-0.05, 0) is 12.0 Å². The first-order chi connectivity index (χ1) is 7.61. The number of carbonyl (C=O) groups is 2. The molecular weight excluding hydrogens is 206 g/mol. The number of hydrogen-bond acceptors (Lipinski definition) is 3. The van der Waals surface area contributed by atoms with Crippen LogP contribution in [-0.4, -0.2) is 21.6 Å². The van der Waals surface area contributed by atoms with Crippen molar-refractivity contribution in [1.82, 2.24) is 15.1 Å². The minimum atomic E-state index is -0.191.